The summed E-state index contributed by atoms with van der Waals surface area (Å²) in [5.41, 5.74) is 2.67. The summed E-state index contributed by atoms with van der Waals surface area (Å²) in [5, 5.41) is 7.88. The molecule has 3 fully saturated rings. The minimum absolute atomic E-state index is 0.316. The molecule has 48 heavy (non-hydrogen) atoms. The van der Waals surface area contributed by atoms with Crippen molar-refractivity contribution >= 4 is 34.6 Å². The van der Waals surface area contributed by atoms with Crippen LogP contribution in [0.1, 0.15) is 44.7 Å². The highest BCUT2D eigenvalue weighted by atomic mass is 19.2. The van der Waals surface area contributed by atoms with Gasteiger partial charge in [0.25, 0.3) is 0 Å². The molecule has 3 aliphatic heterocycles. The molecule has 3 aliphatic rings. The fourth-order valence-electron chi connectivity index (χ4n) is 6.86. The molecule has 4 heterocycles. The molecule has 1 unspecified atom stereocenters. The van der Waals surface area contributed by atoms with E-state index in [-0.39, 0.29) is 11.9 Å². The van der Waals surface area contributed by atoms with Crippen LogP contribution in [-0.2, 0) is 9.63 Å². The second kappa shape index (κ2) is 14.8. The van der Waals surface area contributed by atoms with E-state index < -0.39 is 11.6 Å². The molecule has 3 saturated heterocycles. The number of benzene rings is 2. The Morgan fingerprint density at radius 2 is 1.77 bits per heavy atom. The lowest BCUT2D eigenvalue weighted by Gasteiger charge is -2.44. The summed E-state index contributed by atoms with van der Waals surface area (Å²) in [6.07, 6.45) is 5.29. The second-order valence-corrected chi connectivity index (χ2v) is 12.7. The summed E-state index contributed by atoms with van der Waals surface area (Å²) in [6.45, 7) is 14.7. The van der Waals surface area contributed by atoms with Crippen LogP contribution in [0.25, 0.3) is 0 Å². The molecule has 256 valence electrons. The van der Waals surface area contributed by atoms with E-state index in [1.807, 2.05) is 12.1 Å². The summed E-state index contributed by atoms with van der Waals surface area (Å²) >= 11 is 0. The van der Waals surface area contributed by atoms with Gasteiger partial charge in [-0.1, -0.05) is 12.6 Å². The Labute approximate surface area is 280 Å². The van der Waals surface area contributed by atoms with Gasteiger partial charge in [0.15, 0.2) is 17.5 Å². The summed E-state index contributed by atoms with van der Waals surface area (Å²) in [4.78, 5) is 34.7. The number of halogens is 2. The predicted octanol–water partition coefficient (Wildman–Crippen LogP) is 5.51. The maximum atomic E-state index is 14.0. The molecule has 2 aromatic carbocycles. The molecular weight excluding hydrogens is 618 g/mol. The third kappa shape index (κ3) is 7.38. The zero-order valence-corrected chi connectivity index (χ0v) is 27.8. The van der Waals surface area contributed by atoms with Gasteiger partial charge in [-0.15, -0.1) is 0 Å². The molecule has 0 bridgehead atoms. The first-order valence-electron chi connectivity index (χ1n) is 16.6. The lowest BCUT2D eigenvalue weighted by Crippen LogP contribution is -2.54. The number of hydrogen-bond acceptors (Lipinski definition) is 10. The molecule has 0 aliphatic carbocycles. The van der Waals surface area contributed by atoms with Crippen LogP contribution in [0.3, 0.4) is 0 Å². The van der Waals surface area contributed by atoms with Gasteiger partial charge >= 0.3 is 0 Å². The van der Waals surface area contributed by atoms with Crippen LogP contribution in [0.15, 0.2) is 55.4 Å². The van der Waals surface area contributed by atoms with Gasteiger partial charge in [0, 0.05) is 69.9 Å². The molecule has 1 aromatic heterocycles. The van der Waals surface area contributed by atoms with Crippen LogP contribution >= 0.6 is 0 Å². The van der Waals surface area contributed by atoms with Crippen molar-refractivity contribution in [2.45, 2.75) is 51.2 Å². The Balaban J connectivity index is 1.20. The van der Waals surface area contributed by atoms with Crippen LogP contribution in [0.5, 0.6) is 5.75 Å². The van der Waals surface area contributed by atoms with Crippen molar-refractivity contribution < 1.29 is 23.1 Å². The van der Waals surface area contributed by atoms with Gasteiger partial charge in [-0.25, -0.2) is 23.8 Å². The van der Waals surface area contributed by atoms with E-state index in [9.17, 15) is 13.6 Å². The van der Waals surface area contributed by atoms with Gasteiger partial charge in [-0.2, -0.15) is 0 Å². The van der Waals surface area contributed by atoms with Gasteiger partial charge in [-0.3, -0.25) is 19.4 Å². The van der Waals surface area contributed by atoms with Crippen molar-refractivity contribution in [3.05, 3.63) is 72.6 Å². The molecule has 1 amide bonds. The highest BCUT2D eigenvalue weighted by molar-refractivity contribution is 6.02. The van der Waals surface area contributed by atoms with Gasteiger partial charge < -0.3 is 20.3 Å². The largest absolute Gasteiger partial charge is 0.494 e. The second-order valence-electron chi connectivity index (χ2n) is 12.7. The Kier molecular flexibility index (Phi) is 10.4. The zero-order valence-electron chi connectivity index (χ0n) is 27.8. The van der Waals surface area contributed by atoms with Crippen molar-refractivity contribution in [1.29, 1.82) is 0 Å². The third-order valence-corrected chi connectivity index (χ3v) is 9.54. The highest BCUT2D eigenvalue weighted by Crippen LogP contribution is 2.40. The first-order valence-corrected chi connectivity index (χ1v) is 16.6. The monoisotopic (exact) mass is 662 g/mol. The van der Waals surface area contributed by atoms with Crippen LogP contribution in [0.4, 0.5) is 37.5 Å². The van der Waals surface area contributed by atoms with Crippen molar-refractivity contribution in [2.24, 2.45) is 0 Å². The van der Waals surface area contributed by atoms with E-state index in [2.05, 4.69) is 55.7 Å². The minimum atomic E-state index is -0.913. The van der Waals surface area contributed by atoms with Gasteiger partial charge in [0.05, 0.1) is 36.8 Å². The number of carbonyl (C=O) groups is 1. The van der Waals surface area contributed by atoms with Crippen LogP contribution in [0, 0.1) is 11.6 Å². The zero-order chi connectivity index (χ0) is 33.8. The molecule has 3 aromatic rings. The van der Waals surface area contributed by atoms with Crippen LogP contribution in [0.2, 0.25) is 0 Å². The lowest BCUT2D eigenvalue weighted by atomic mass is 10.0. The van der Waals surface area contributed by atoms with E-state index in [1.165, 1.54) is 18.5 Å². The molecule has 2 N–H and O–H groups in total. The molecule has 0 radical (unpaired) electrons. The summed E-state index contributed by atoms with van der Waals surface area (Å²) in [7, 11) is 1.60. The predicted molar refractivity (Wildman–Crippen MR) is 183 cm³/mol. The number of anilines is 5. The quantitative estimate of drug-likeness (QED) is 0.271. The van der Waals surface area contributed by atoms with Crippen molar-refractivity contribution in [3.8, 4) is 5.75 Å². The Hall–Kier alpha value is -4.33. The number of amides is 1. The maximum absolute atomic E-state index is 14.0. The number of hydrogen-bond donors (Lipinski definition) is 2. The summed E-state index contributed by atoms with van der Waals surface area (Å²) in [5.74, 6) is -0.658. The average Bonchev–Trinajstić information content (AvgIpc) is 3.60. The van der Waals surface area contributed by atoms with Gasteiger partial charge in [-0.05, 0) is 56.5 Å². The van der Waals surface area contributed by atoms with Gasteiger partial charge in [0.1, 0.15) is 17.9 Å². The number of nitrogens with zero attached hydrogens (tertiary/aromatic N) is 6. The molecule has 6 rings (SSSR count). The standard InChI is InChI=1S/C35H44F2N8O3/c1-5-35(46)41-28-19-29(32(47-4)20-31(28)44-11-8-25(9-12-44)43-15-13-42(14-16-43)23(2)3)40-33-21-34(39-22-38-33)45-30(10-17-48-45)24-6-7-26(36)27(37)18-24/h5-7,18-23,25,30H,1,8-17H2,2-4H3,(H,41,46)(H,38,39,40). The van der Waals surface area contributed by atoms with Crippen molar-refractivity contribution in [2.75, 3.05) is 73.6 Å². The molecule has 11 nitrogen and oxygen atoms in total. The minimum Gasteiger partial charge on any atom is -0.494 e. The highest BCUT2D eigenvalue weighted by Gasteiger charge is 2.31. The fraction of sp³-hybridized carbons (Fsp3) is 0.457. The van der Waals surface area contributed by atoms with E-state index in [4.69, 9.17) is 9.57 Å². The van der Waals surface area contributed by atoms with Crippen molar-refractivity contribution in [1.82, 2.24) is 19.8 Å². The fourth-order valence-corrected chi connectivity index (χ4v) is 6.86. The van der Waals surface area contributed by atoms with Crippen LogP contribution < -0.4 is 25.3 Å². The molecular formula is C35H44F2N8O3. The van der Waals surface area contributed by atoms with E-state index in [0.717, 1.165) is 63.9 Å². The number of aromatic nitrogens is 2. The molecule has 13 heteroatoms. The number of rotatable bonds is 10. The number of ether oxygens (including phenoxy) is 1. The van der Waals surface area contributed by atoms with E-state index in [1.54, 1.807) is 24.3 Å². The molecule has 1 atom stereocenters. The number of piperidine rings is 1. The summed E-state index contributed by atoms with van der Waals surface area (Å²) < 4.78 is 33.5. The third-order valence-electron chi connectivity index (χ3n) is 9.54. The molecule has 0 saturated carbocycles. The summed E-state index contributed by atoms with van der Waals surface area (Å²) in [6, 6.07) is 10.1. The maximum Gasteiger partial charge on any atom is 0.247 e. The van der Waals surface area contributed by atoms with E-state index in [0.29, 0.717) is 59.4 Å². The van der Waals surface area contributed by atoms with Gasteiger partial charge in [0.2, 0.25) is 5.91 Å². The van der Waals surface area contributed by atoms with Crippen LogP contribution in [-0.4, -0.2) is 90.7 Å². The Bertz CT molecular complexity index is 1610. The Morgan fingerprint density at radius 3 is 2.46 bits per heavy atom. The lowest BCUT2D eigenvalue weighted by molar-refractivity contribution is -0.111. The SMILES string of the molecule is C=CC(=O)Nc1cc(Nc2cc(N3OCCC3c3ccc(F)c(F)c3)ncn2)c(OC)cc1N1CCC(N2CCN(C(C)C)CC2)CC1. The number of nitrogens with one attached hydrogen (secondary N) is 2. The molecule has 0 spiro atoms. The average molecular weight is 663 g/mol. The number of hydroxylamine groups is 1. The number of methoxy groups -OCH3 is 1. The smallest absolute Gasteiger partial charge is 0.247 e. The Morgan fingerprint density at radius 1 is 1.00 bits per heavy atom. The first kappa shape index (κ1) is 33.6. The number of carbonyl (C=O) groups excluding carboxylic acids is 1. The van der Waals surface area contributed by atoms with E-state index >= 15 is 0 Å². The normalized spacial score (nSPS) is 19.5. The van der Waals surface area contributed by atoms with Crippen molar-refractivity contribution in [3.63, 3.8) is 0 Å². The topological polar surface area (TPSA) is 98.3 Å². The first-order chi connectivity index (χ1) is 23.2. The number of piperazine rings is 1.